The van der Waals surface area contributed by atoms with Crippen molar-refractivity contribution < 1.29 is 13.9 Å². The van der Waals surface area contributed by atoms with Crippen LogP contribution in [0.2, 0.25) is 0 Å². The van der Waals surface area contributed by atoms with Crippen molar-refractivity contribution in [2.45, 2.75) is 12.5 Å². The summed E-state index contributed by atoms with van der Waals surface area (Å²) in [6.45, 7) is 3.96. The highest BCUT2D eigenvalue weighted by atomic mass is 19.1. The van der Waals surface area contributed by atoms with Crippen LogP contribution in [-0.2, 0) is 4.74 Å². The Balaban J connectivity index is 1.41. The van der Waals surface area contributed by atoms with Crippen LogP contribution in [0.1, 0.15) is 28.4 Å². The molecule has 1 aliphatic heterocycles. The van der Waals surface area contributed by atoms with Crippen LogP contribution in [0.5, 0.6) is 0 Å². The lowest BCUT2D eigenvalue weighted by atomic mass is 10.1. The average molecular weight is 342 g/mol. The molecule has 1 atom stereocenters. The van der Waals surface area contributed by atoms with Gasteiger partial charge in [0.15, 0.2) is 0 Å². The average Bonchev–Trinajstić information content (AvgIpc) is 2.66. The number of rotatable bonds is 6. The highest BCUT2D eigenvalue weighted by molar-refractivity contribution is 5.94. The number of carbonyl (C=O) groups excluding carboxylic acids is 1. The number of ether oxygens (including phenoxy) is 1. The van der Waals surface area contributed by atoms with E-state index < -0.39 is 5.82 Å². The van der Waals surface area contributed by atoms with Crippen LogP contribution < -0.4 is 5.32 Å². The molecule has 0 aliphatic carbocycles. The van der Waals surface area contributed by atoms with Crippen molar-refractivity contribution in [2.75, 3.05) is 32.8 Å². The first-order valence-electron chi connectivity index (χ1n) is 8.65. The van der Waals surface area contributed by atoms with E-state index in [4.69, 9.17) is 4.74 Å². The maximum Gasteiger partial charge on any atom is 0.251 e. The molecular weight excluding hydrogens is 319 g/mol. The van der Waals surface area contributed by atoms with Crippen LogP contribution in [0.3, 0.4) is 0 Å². The maximum atomic E-state index is 13.1. The van der Waals surface area contributed by atoms with Gasteiger partial charge in [0.1, 0.15) is 5.82 Å². The lowest BCUT2D eigenvalue weighted by molar-refractivity contribution is -0.0301. The summed E-state index contributed by atoms with van der Waals surface area (Å²) in [5, 5.41) is 2.85. The first-order valence-corrected chi connectivity index (χ1v) is 8.65. The van der Waals surface area contributed by atoms with Gasteiger partial charge in [0.2, 0.25) is 0 Å². The molecule has 0 radical (unpaired) electrons. The van der Waals surface area contributed by atoms with E-state index in [1.807, 2.05) is 18.2 Å². The van der Waals surface area contributed by atoms with Gasteiger partial charge in [-0.15, -0.1) is 0 Å². The van der Waals surface area contributed by atoms with E-state index in [0.29, 0.717) is 12.1 Å². The number of halogens is 1. The Morgan fingerprint density at radius 3 is 2.84 bits per heavy atom. The zero-order valence-electron chi connectivity index (χ0n) is 14.2. The van der Waals surface area contributed by atoms with Crippen LogP contribution in [0.25, 0.3) is 0 Å². The Morgan fingerprint density at radius 1 is 1.20 bits per heavy atom. The van der Waals surface area contributed by atoms with Crippen LogP contribution in [-0.4, -0.2) is 43.6 Å². The minimum absolute atomic E-state index is 0.108. The summed E-state index contributed by atoms with van der Waals surface area (Å²) in [6, 6.07) is 16.0. The molecule has 0 unspecified atom stereocenters. The van der Waals surface area contributed by atoms with Crippen molar-refractivity contribution in [3.63, 3.8) is 0 Å². The second-order valence-corrected chi connectivity index (χ2v) is 6.19. The Bertz CT molecular complexity index is 693. The van der Waals surface area contributed by atoms with E-state index in [1.165, 1.54) is 17.7 Å². The monoisotopic (exact) mass is 342 g/mol. The molecule has 3 rings (SSSR count). The molecule has 0 bridgehead atoms. The number of amides is 1. The summed E-state index contributed by atoms with van der Waals surface area (Å²) < 4.78 is 19.0. The van der Waals surface area contributed by atoms with Crippen molar-refractivity contribution in [3.05, 3.63) is 71.5 Å². The van der Waals surface area contributed by atoms with Gasteiger partial charge >= 0.3 is 0 Å². The molecule has 0 aromatic heterocycles. The summed E-state index contributed by atoms with van der Waals surface area (Å²) in [5.74, 6) is -0.628. The maximum absolute atomic E-state index is 13.1. The Labute approximate surface area is 147 Å². The highest BCUT2D eigenvalue weighted by Crippen LogP contribution is 2.21. The third-order valence-electron chi connectivity index (χ3n) is 4.35. The van der Waals surface area contributed by atoms with Crippen molar-refractivity contribution in [2.24, 2.45) is 0 Å². The van der Waals surface area contributed by atoms with Crippen molar-refractivity contribution in [1.82, 2.24) is 10.2 Å². The van der Waals surface area contributed by atoms with E-state index in [2.05, 4.69) is 22.3 Å². The second kappa shape index (κ2) is 8.74. The molecule has 0 saturated carbocycles. The van der Waals surface area contributed by atoms with E-state index in [-0.39, 0.29) is 12.0 Å². The summed E-state index contributed by atoms with van der Waals surface area (Å²) in [4.78, 5) is 14.3. The molecular formula is C20H23FN2O2. The Morgan fingerprint density at radius 2 is 2.04 bits per heavy atom. The molecule has 5 heteroatoms. The van der Waals surface area contributed by atoms with Gasteiger partial charge in [-0.25, -0.2) is 4.39 Å². The number of nitrogens with one attached hydrogen (secondary N) is 1. The predicted molar refractivity (Wildman–Crippen MR) is 94.9 cm³/mol. The third-order valence-corrected chi connectivity index (χ3v) is 4.35. The molecule has 1 aliphatic rings. The highest BCUT2D eigenvalue weighted by Gasteiger charge is 2.21. The van der Waals surface area contributed by atoms with Crippen LogP contribution >= 0.6 is 0 Å². The van der Waals surface area contributed by atoms with Crippen molar-refractivity contribution in [3.8, 4) is 0 Å². The number of nitrogens with zero attached hydrogens (tertiary/aromatic N) is 1. The Hall–Kier alpha value is -2.24. The first kappa shape index (κ1) is 17.6. The molecule has 0 spiro atoms. The molecule has 2 aromatic carbocycles. The molecule has 25 heavy (non-hydrogen) atoms. The molecule has 1 N–H and O–H groups in total. The normalized spacial score (nSPS) is 18.0. The second-order valence-electron chi connectivity index (χ2n) is 6.19. The van der Waals surface area contributed by atoms with Crippen molar-refractivity contribution >= 4 is 5.91 Å². The fraction of sp³-hybridized carbons (Fsp3) is 0.350. The number of morpholine rings is 1. The number of hydrogen-bond acceptors (Lipinski definition) is 3. The molecule has 2 aromatic rings. The predicted octanol–water partition coefficient (Wildman–Crippen LogP) is 3.02. The molecule has 1 saturated heterocycles. The first-order chi connectivity index (χ1) is 12.2. The summed E-state index contributed by atoms with van der Waals surface area (Å²) >= 11 is 0. The molecule has 1 heterocycles. The zero-order valence-corrected chi connectivity index (χ0v) is 14.2. The minimum Gasteiger partial charge on any atom is -0.371 e. The summed E-state index contributed by atoms with van der Waals surface area (Å²) in [7, 11) is 0. The lowest BCUT2D eigenvalue weighted by Crippen LogP contribution is -2.39. The van der Waals surface area contributed by atoms with E-state index in [9.17, 15) is 9.18 Å². The topological polar surface area (TPSA) is 41.6 Å². The van der Waals surface area contributed by atoms with Gasteiger partial charge in [0, 0.05) is 31.7 Å². The summed E-state index contributed by atoms with van der Waals surface area (Å²) in [6.07, 6.45) is 0.958. The van der Waals surface area contributed by atoms with Gasteiger partial charge in [0.05, 0.1) is 12.7 Å². The van der Waals surface area contributed by atoms with Gasteiger partial charge in [-0.2, -0.15) is 0 Å². The van der Waals surface area contributed by atoms with Gasteiger partial charge in [0.25, 0.3) is 5.91 Å². The largest absolute Gasteiger partial charge is 0.371 e. The fourth-order valence-corrected chi connectivity index (χ4v) is 3.01. The molecule has 1 fully saturated rings. The van der Waals surface area contributed by atoms with Gasteiger partial charge < -0.3 is 10.1 Å². The third kappa shape index (κ3) is 5.11. The van der Waals surface area contributed by atoms with E-state index >= 15 is 0 Å². The van der Waals surface area contributed by atoms with E-state index in [1.54, 1.807) is 12.1 Å². The SMILES string of the molecule is O=C(NCCCN1CCO[C@H](c2ccccc2)C1)c1cccc(F)c1. The molecule has 4 nitrogen and oxygen atoms in total. The molecule has 132 valence electrons. The van der Waals surface area contributed by atoms with Crippen LogP contribution in [0.15, 0.2) is 54.6 Å². The van der Waals surface area contributed by atoms with Crippen LogP contribution in [0, 0.1) is 5.82 Å². The molecule has 1 amide bonds. The van der Waals surface area contributed by atoms with E-state index in [0.717, 1.165) is 32.7 Å². The summed E-state index contributed by atoms with van der Waals surface area (Å²) in [5.41, 5.74) is 1.56. The number of benzene rings is 2. The zero-order chi connectivity index (χ0) is 17.5. The van der Waals surface area contributed by atoms with Gasteiger partial charge in [-0.05, 0) is 30.2 Å². The Kier molecular flexibility index (Phi) is 6.14. The quantitative estimate of drug-likeness (QED) is 0.821. The minimum atomic E-state index is -0.395. The van der Waals surface area contributed by atoms with Gasteiger partial charge in [-0.1, -0.05) is 36.4 Å². The van der Waals surface area contributed by atoms with Crippen molar-refractivity contribution in [1.29, 1.82) is 0 Å². The standard InChI is InChI=1S/C20H23FN2O2/c21-18-9-4-8-17(14-18)20(24)22-10-5-11-23-12-13-25-19(15-23)16-6-2-1-3-7-16/h1-4,6-9,14,19H,5,10-13,15H2,(H,22,24)/t19-/m0/s1. The number of hydrogen-bond donors (Lipinski definition) is 1. The fourth-order valence-electron chi connectivity index (χ4n) is 3.01. The van der Waals surface area contributed by atoms with Gasteiger partial charge in [-0.3, -0.25) is 9.69 Å². The lowest BCUT2D eigenvalue weighted by Gasteiger charge is -2.33. The van der Waals surface area contributed by atoms with Crippen LogP contribution in [0.4, 0.5) is 4.39 Å². The smallest absolute Gasteiger partial charge is 0.251 e. The number of carbonyl (C=O) groups is 1.